The molecule has 0 radical (unpaired) electrons. The van der Waals surface area contributed by atoms with Gasteiger partial charge in [0, 0.05) is 28.2 Å². The molecule has 0 spiro atoms. The Bertz CT molecular complexity index is 966. The third kappa shape index (κ3) is 4.05. The fourth-order valence-corrected chi connectivity index (χ4v) is 2.58. The van der Waals surface area contributed by atoms with Gasteiger partial charge in [-0.2, -0.15) is 13.2 Å². The summed E-state index contributed by atoms with van der Waals surface area (Å²) in [5, 5.41) is 2.95. The Hall–Kier alpha value is -2.80. The van der Waals surface area contributed by atoms with E-state index in [1.54, 1.807) is 31.3 Å². The summed E-state index contributed by atoms with van der Waals surface area (Å²) >= 11 is 5.86. The Balaban J connectivity index is 2.01. The van der Waals surface area contributed by atoms with E-state index in [0.29, 0.717) is 16.4 Å². The Kier molecular flexibility index (Phi) is 4.73. The predicted molar refractivity (Wildman–Crippen MR) is 92.7 cm³/mol. The number of anilines is 1. The van der Waals surface area contributed by atoms with Gasteiger partial charge in [0.25, 0.3) is 5.91 Å². The smallest absolute Gasteiger partial charge is 0.322 e. The van der Waals surface area contributed by atoms with Crippen LogP contribution < -0.4 is 5.32 Å². The fraction of sp³-hybridized carbons (Fsp3) is 0.111. The monoisotopic (exact) mass is 379 g/mol. The van der Waals surface area contributed by atoms with Crippen LogP contribution in [0.25, 0.3) is 5.69 Å². The first kappa shape index (κ1) is 18.0. The minimum atomic E-state index is -4.59. The highest BCUT2D eigenvalue weighted by atomic mass is 35.5. The number of alkyl halides is 3. The SMILES string of the molecule is Cc1cn(-c2cc(C(=O)Nc3cccc(Cl)c3)cc(C(F)(F)F)c2)cn1. The van der Waals surface area contributed by atoms with E-state index in [2.05, 4.69) is 10.3 Å². The first-order valence-electron chi connectivity index (χ1n) is 7.52. The minimum Gasteiger partial charge on any atom is -0.322 e. The highest BCUT2D eigenvalue weighted by molar-refractivity contribution is 6.31. The van der Waals surface area contributed by atoms with Crippen molar-refractivity contribution in [2.75, 3.05) is 5.32 Å². The summed E-state index contributed by atoms with van der Waals surface area (Å²) < 4.78 is 41.1. The molecule has 0 atom stereocenters. The first-order chi connectivity index (χ1) is 12.2. The standard InChI is InChI=1S/C18H13ClF3N3O/c1-11-9-25(10-23-11)16-6-12(5-13(7-16)18(20,21)22)17(26)24-15-4-2-3-14(19)8-15/h2-10H,1H3,(H,24,26). The second kappa shape index (κ2) is 6.84. The van der Waals surface area contributed by atoms with Crippen molar-refractivity contribution >= 4 is 23.2 Å². The van der Waals surface area contributed by atoms with E-state index in [0.717, 1.165) is 12.1 Å². The average Bonchev–Trinajstić information content (AvgIpc) is 3.00. The molecule has 2 aromatic carbocycles. The number of nitrogens with one attached hydrogen (secondary N) is 1. The number of halogens is 4. The molecule has 4 nitrogen and oxygen atoms in total. The number of amides is 1. The largest absolute Gasteiger partial charge is 0.416 e. The molecule has 0 unspecified atom stereocenters. The second-order valence-electron chi connectivity index (χ2n) is 5.65. The molecule has 0 aliphatic heterocycles. The molecule has 3 aromatic rings. The third-order valence-electron chi connectivity index (χ3n) is 3.60. The number of imidazole rings is 1. The summed E-state index contributed by atoms with van der Waals surface area (Å²) in [5.74, 6) is -0.670. The third-order valence-corrected chi connectivity index (χ3v) is 3.83. The van der Waals surface area contributed by atoms with Crippen LogP contribution in [0.15, 0.2) is 55.0 Å². The average molecular weight is 380 g/mol. The number of carbonyl (C=O) groups excluding carboxylic acids is 1. The molecule has 1 heterocycles. The van der Waals surface area contributed by atoms with E-state index >= 15 is 0 Å². The molecule has 0 fully saturated rings. The van der Waals surface area contributed by atoms with Crippen molar-refractivity contribution in [3.05, 3.63) is 76.8 Å². The Morgan fingerprint density at radius 3 is 2.58 bits per heavy atom. The van der Waals surface area contributed by atoms with Crippen LogP contribution in [0.5, 0.6) is 0 Å². The molecular formula is C18H13ClF3N3O. The van der Waals surface area contributed by atoms with Gasteiger partial charge in [0.1, 0.15) is 0 Å². The predicted octanol–water partition coefficient (Wildman–Crippen LogP) is 5.11. The van der Waals surface area contributed by atoms with Gasteiger partial charge in [-0.15, -0.1) is 0 Å². The van der Waals surface area contributed by atoms with E-state index in [9.17, 15) is 18.0 Å². The maximum atomic E-state index is 13.2. The van der Waals surface area contributed by atoms with Gasteiger partial charge in [-0.05, 0) is 43.3 Å². The zero-order chi connectivity index (χ0) is 18.9. The van der Waals surface area contributed by atoms with Gasteiger partial charge in [0.05, 0.1) is 17.6 Å². The molecule has 26 heavy (non-hydrogen) atoms. The molecule has 0 aliphatic carbocycles. The van der Waals surface area contributed by atoms with Gasteiger partial charge in [-0.1, -0.05) is 17.7 Å². The summed E-state index contributed by atoms with van der Waals surface area (Å²) in [6.07, 6.45) is -1.62. The summed E-state index contributed by atoms with van der Waals surface area (Å²) in [5.41, 5.74) is 0.183. The highest BCUT2D eigenvalue weighted by Gasteiger charge is 2.32. The van der Waals surface area contributed by atoms with Crippen molar-refractivity contribution in [2.45, 2.75) is 13.1 Å². The van der Waals surface area contributed by atoms with E-state index < -0.39 is 17.6 Å². The van der Waals surface area contributed by atoms with Crippen LogP contribution in [0.4, 0.5) is 18.9 Å². The second-order valence-corrected chi connectivity index (χ2v) is 6.09. The summed E-state index contributed by atoms with van der Waals surface area (Å²) in [6.45, 7) is 1.72. The first-order valence-corrected chi connectivity index (χ1v) is 7.90. The lowest BCUT2D eigenvalue weighted by atomic mass is 10.1. The van der Waals surface area contributed by atoms with Crippen LogP contribution in [0.1, 0.15) is 21.6 Å². The van der Waals surface area contributed by atoms with Crippen LogP contribution in [-0.4, -0.2) is 15.5 Å². The number of rotatable bonds is 3. The lowest BCUT2D eigenvalue weighted by Crippen LogP contribution is -2.15. The van der Waals surface area contributed by atoms with Gasteiger partial charge < -0.3 is 9.88 Å². The summed E-state index contributed by atoms with van der Waals surface area (Å²) in [6, 6.07) is 9.51. The highest BCUT2D eigenvalue weighted by Crippen LogP contribution is 2.32. The van der Waals surface area contributed by atoms with E-state index in [4.69, 9.17) is 11.6 Å². The number of carbonyl (C=O) groups is 1. The van der Waals surface area contributed by atoms with Crippen molar-refractivity contribution in [1.82, 2.24) is 9.55 Å². The van der Waals surface area contributed by atoms with Crippen molar-refractivity contribution in [3.63, 3.8) is 0 Å². The number of nitrogens with zero attached hydrogens (tertiary/aromatic N) is 2. The molecule has 134 valence electrons. The minimum absolute atomic E-state index is 0.124. The molecule has 0 bridgehead atoms. The van der Waals surface area contributed by atoms with Crippen LogP contribution in [0, 0.1) is 6.92 Å². The normalized spacial score (nSPS) is 11.4. The quantitative estimate of drug-likeness (QED) is 0.687. The van der Waals surface area contributed by atoms with E-state index in [1.165, 1.54) is 23.0 Å². The van der Waals surface area contributed by atoms with Crippen molar-refractivity contribution in [1.29, 1.82) is 0 Å². The fourth-order valence-electron chi connectivity index (χ4n) is 2.39. The van der Waals surface area contributed by atoms with Gasteiger partial charge >= 0.3 is 6.18 Å². The molecule has 8 heteroatoms. The van der Waals surface area contributed by atoms with E-state index in [-0.39, 0.29) is 11.3 Å². The maximum Gasteiger partial charge on any atom is 0.416 e. The number of aryl methyl sites for hydroxylation is 1. The van der Waals surface area contributed by atoms with Gasteiger partial charge in [-0.3, -0.25) is 4.79 Å². The van der Waals surface area contributed by atoms with E-state index in [1.807, 2.05) is 0 Å². The Morgan fingerprint density at radius 1 is 1.19 bits per heavy atom. The topological polar surface area (TPSA) is 46.9 Å². The number of benzene rings is 2. The lowest BCUT2D eigenvalue weighted by molar-refractivity contribution is -0.137. The van der Waals surface area contributed by atoms with Crippen molar-refractivity contribution < 1.29 is 18.0 Å². The molecule has 0 saturated heterocycles. The molecule has 3 rings (SSSR count). The van der Waals surface area contributed by atoms with Crippen molar-refractivity contribution in [2.24, 2.45) is 0 Å². The molecule has 0 saturated carbocycles. The summed E-state index contributed by atoms with van der Waals surface area (Å²) in [4.78, 5) is 16.5. The van der Waals surface area contributed by atoms with Crippen LogP contribution in [-0.2, 0) is 6.18 Å². The molecule has 1 amide bonds. The number of hydrogen-bond donors (Lipinski definition) is 1. The zero-order valence-electron chi connectivity index (χ0n) is 13.5. The number of aromatic nitrogens is 2. The molecular weight excluding hydrogens is 367 g/mol. The zero-order valence-corrected chi connectivity index (χ0v) is 14.3. The lowest BCUT2D eigenvalue weighted by Gasteiger charge is -2.13. The Morgan fingerprint density at radius 2 is 1.96 bits per heavy atom. The molecule has 1 N–H and O–H groups in total. The summed E-state index contributed by atoms with van der Waals surface area (Å²) in [7, 11) is 0. The molecule has 0 aliphatic rings. The van der Waals surface area contributed by atoms with Crippen LogP contribution in [0.2, 0.25) is 5.02 Å². The van der Waals surface area contributed by atoms with Gasteiger partial charge in [0.15, 0.2) is 0 Å². The van der Waals surface area contributed by atoms with Crippen molar-refractivity contribution in [3.8, 4) is 5.69 Å². The maximum absolute atomic E-state index is 13.2. The van der Waals surface area contributed by atoms with Gasteiger partial charge in [-0.25, -0.2) is 4.98 Å². The number of hydrogen-bond acceptors (Lipinski definition) is 2. The van der Waals surface area contributed by atoms with Crippen LogP contribution in [0.3, 0.4) is 0 Å². The Labute approximate surface area is 152 Å². The van der Waals surface area contributed by atoms with Crippen LogP contribution >= 0.6 is 11.6 Å². The van der Waals surface area contributed by atoms with Gasteiger partial charge in [0.2, 0.25) is 0 Å². The molecule has 1 aromatic heterocycles.